The van der Waals surface area contributed by atoms with E-state index in [9.17, 15) is 8.78 Å². The largest absolute Gasteiger partial charge is 0.477 e. The predicted octanol–water partition coefficient (Wildman–Crippen LogP) is 3.17. The maximum atomic E-state index is 12.5. The van der Waals surface area contributed by atoms with Crippen molar-refractivity contribution in [3.05, 3.63) is 24.4 Å². The van der Waals surface area contributed by atoms with Crippen molar-refractivity contribution in [1.82, 2.24) is 0 Å². The first-order valence-corrected chi connectivity index (χ1v) is 4.83. The van der Waals surface area contributed by atoms with Crippen molar-refractivity contribution in [1.29, 1.82) is 0 Å². The molecule has 0 amide bonds. The molecule has 1 atom stereocenters. The summed E-state index contributed by atoms with van der Waals surface area (Å²) in [6.45, 7) is 7.22. The Balaban J connectivity index is 2.43. The molecule has 1 rings (SSSR count). The van der Waals surface area contributed by atoms with Crippen LogP contribution in [0.3, 0.4) is 0 Å². The lowest BCUT2D eigenvalue weighted by Gasteiger charge is -2.07. The second-order valence-corrected chi connectivity index (χ2v) is 3.67. The number of ether oxygens (including phenoxy) is 1. The van der Waals surface area contributed by atoms with Crippen molar-refractivity contribution in [2.24, 2.45) is 10.9 Å². The fraction of sp³-hybridized carbons (Fsp3) is 0.545. The summed E-state index contributed by atoms with van der Waals surface area (Å²) in [4.78, 5) is 3.96. The second-order valence-electron chi connectivity index (χ2n) is 3.67. The summed E-state index contributed by atoms with van der Waals surface area (Å²) in [6.07, 6.45) is 3.20. The van der Waals surface area contributed by atoms with E-state index in [-0.39, 0.29) is 13.0 Å². The Morgan fingerprint density at radius 1 is 1.67 bits per heavy atom. The van der Waals surface area contributed by atoms with E-state index in [1.165, 1.54) is 0 Å². The van der Waals surface area contributed by atoms with Gasteiger partial charge < -0.3 is 4.74 Å². The Labute approximate surface area is 88.3 Å². The van der Waals surface area contributed by atoms with Crippen LogP contribution in [0.1, 0.15) is 20.3 Å². The minimum Gasteiger partial charge on any atom is -0.477 e. The van der Waals surface area contributed by atoms with Crippen LogP contribution in [0.5, 0.6) is 0 Å². The van der Waals surface area contributed by atoms with Crippen LogP contribution in [0.25, 0.3) is 0 Å². The third-order valence-corrected chi connectivity index (χ3v) is 2.08. The van der Waals surface area contributed by atoms with Gasteiger partial charge in [-0.3, -0.25) is 0 Å². The van der Waals surface area contributed by atoms with E-state index in [2.05, 4.69) is 11.6 Å². The van der Waals surface area contributed by atoms with Gasteiger partial charge in [-0.2, -0.15) is 0 Å². The lowest BCUT2D eigenvalue weighted by atomic mass is 10.3. The lowest BCUT2D eigenvalue weighted by Crippen LogP contribution is -2.10. The van der Waals surface area contributed by atoms with Gasteiger partial charge in [-0.25, -0.2) is 13.8 Å². The van der Waals surface area contributed by atoms with E-state index in [1.807, 2.05) is 6.92 Å². The van der Waals surface area contributed by atoms with Gasteiger partial charge in [0.05, 0.1) is 12.5 Å². The third-order valence-electron chi connectivity index (χ3n) is 2.08. The molecule has 0 bridgehead atoms. The van der Waals surface area contributed by atoms with Gasteiger partial charge in [0.25, 0.3) is 5.92 Å². The Morgan fingerprint density at radius 3 is 2.67 bits per heavy atom. The highest BCUT2D eigenvalue weighted by atomic mass is 19.3. The highest BCUT2D eigenvalue weighted by Gasteiger charge is 2.57. The summed E-state index contributed by atoms with van der Waals surface area (Å²) in [5.41, 5.74) is 0.636. The molecular formula is C11H15F2NO. The zero-order chi connectivity index (χ0) is 11.5. The van der Waals surface area contributed by atoms with Crippen molar-refractivity contribution >= 4 is 5.90 Å². The second kappa shape index (κ2) is 4.55. The molecule has 1 aliphatic carbocycles. The normalized spacial score (nSPS) is 24.3. The predicted molar refractivity (Wildman–Crippen MR) is 56.1 cm³/mol. The fourth-order valence-electron chi connectivity index (χ4n) is 1.04. The number of aliphatic imine (C=N–C) groups is 1. The molecule has 1 fully saturated rings. The Morgan fingerprint density at radius 2 is 2.27 bits per heavy atom. The SMILES string of the molecule is C=C(C)/C(=N\C=C/C)OCC1CC1(F)F. The number of rotatable bonds is 4. The van der Waals surface area contributed by atoms with Gasteiger partial charge in [0, 0.05) is 18.2 Å². The summed E-state index contributed by atoms with van der Waals surface area (Å²) < 4.78 is 30.3. The molecule has 0 aromatic carbocycles. The Bertz CT molecular complexity index is 308. The van der Waals surface area contributed by atoms with Gasteiger partial charge in [-0.15, -0.1) is 0 Å². The molecule has 0 spiro atoms. The fourth-order valence-corrected chi connectivity index (χ4v) is 1.04. The van der Waals surface area contributed by atoms with Crippen LogP contribution in [0, 0.1) is 5.92 Å². The Kier molecular flexibility index (Phi) is 3.61. The minimum atomic E-state index is -2.54. The average molecular weight is 215 g/mol. The molecule has 0 radical (unpaired) electrons. The molecule has 0 N–H and O–H groups in total. The van der Waals surface area contributed by atoms with E-state index in [0.717, 1.165) is 0 Å². The van der Waals surface area contributed by atoms with Crippen LogP contribution < -0.4 is 0 Å². The topological polar surface area (TPSA) is 21.6 Å². The van der Waals surface area contributed by atoms with Crippen LogP contribution in [0.4, 0.5) is 8.78 Å². The summed E-state index contributed by atoms with van der Waals surface area (Å²) >= 11 is 0. The number of alkyl halides is 2. The molecule has 1 saturated carbocycles. The first-order valence-electron chi connectivity index (χ1n) is 4.83. The van der Waals surface area contributed by atoms with Gasteiger partial charge in [0.2, 0.25) is 5.90 Å². The van der Waals surface area contributed by atoms with Crippen molar-refractivity contribution in [3.8, 4) is 0 Å². The van der Waals surface area contributed by atoms with Crippen LogP contribution in [-0.2, 0) is 4.74 Å². The van der Waals surface area contributed by atoms with E-state index >= 15 is 0 Å². The molecule has 0 aromatic heterocycles. The van der Waals surface area contributed by atoms with Crippen molar-refractivity contribution in [3.63, 3.8) is 0 Å². The number of allylic oxidation sites excluding steroid dienone is 1. The van der Waals surface area contributed by atoms with Gasteiger partial charge in [0.15, 0.2) is 0 Å². The maximum Gasteiger partial charge on any atom is 0.255 e. The molecular weight excluding hydrogens is 200 g/mol. The number of hydrogen-bond acceptors (Lipinski definition) is 2. The first kappa shape index (κ1) is 11.9. The number of hydrogen-bond donors (Lipinski definition) is 0. The molecule has 1 aliphatic rings. The molecule has 0 aromatic rings. The number of nitrogens with zero attached hydrogens (tertiary/aromatic N) is 1. The third kappa shape index (κ3) is 3.46. The monoisotopic (exact) mass is 215 g/mol. The molecule has 0 aliphatic heterocycles. The van der Waals surface area contributed by atoms with Crippen LogP contribution in [0.2, 0.25) is 0 Å². The van der Waals surface area contributed by atoms with Gasteiger partial charge in [0.1, 0.15) is 0 Å². The average Bonchev–Trinajstić information content (AvgIpc) is 2.73. The smallest absolute Gasteiger partial charge is 0.255 e. The van der Waals surface area contributed by atoms with Crippen LogP contribution in [-0.4, -0.2) is 18.4 Å². The lowest BCUT2D eigenvalue weighted by molar-refractivity contribution is 0.0841. The van der Waals surface area contributed by atoms with Crippen molar-refractivity contribution < 1.29 is 13.5 Å². The van der Waals surface area contributed by atoms with Gasteiger partial charge >= 0.3 is 0 Å². The van der Waals surface area contributed by atoms with E-state index in [1.54, 1.807) is 19.2 Å². The molecule has 1 unspecified atom stereocenters. The molecule has 0 saturated heterocycles. The quantitative estimate of drug-likeness (QED) is 0.521. The highest BCUT2D eigenvalue weighted by Crippen LogP contribution is 2.48. The molecule has 15 heavy (non-hydrogen) atoms. The highest BCUT2D eigenvalue weighted by molar-refractivity contribution is 5.92. The first-order chi connectivity index (χ1) is 6.97. The van der Waals surface area contributed by atoms with Crippen LogP contribution >= 0.6 is 0 Å². The Hall–Kier alpha value is -1.19. The van der Waals surface area contributed by atoms with E-state index < -0.39 is 11.8 Å². The summed E-state index contributed by atoms with van der Waals surface area (Å²) in [5, 5.41) is 0. The van der Waals surface area contributed by atoms with Crippen molar-refractivity contribution in [2.45, 2.75) is 26.2 Å². The van der Waals surface area contributed by atoms with E-state index in [0.29, 0.717) is 11.5 Å². The van der Waals surface area contributed by atoms with Crippen LogP contribution in [0.15, 0.2) is 29.4 Å². The summed E-state index contributed by atoms with van der Waals surface area (Å²) in [7, 11) is 0. The minimum absolute atomic E-state index is 0.0102. The van der Waals surface area contributed by atoms with Gasteiger partial charge in [-0.05, 0) is 13.8 Å². The van der Waals surface area contributed by atoms with E-state index in [4.69, 9.17) is 4.74 Å². The van der Waals surface area contributed by atoms with Gasteiger partial charge in [-0.1, -0.05) is 12.7 Å². The van der Waals surface area contributed by atoms with Crippen molar-refractivity contribution in [2.75, 3.05) is 6.61 Å². The number of halogens is 2. The molecule has 2 nitrogen and oxygen atoms in total. The zero-order valence-electron chi connectivity index (χ0n) is 8.96. The molecule has 0 heterocycles. The summed E-state index contributed by atoms with van der Waals surface area (Å²) in [5.74, 6) is -2.87. The maximum absolute atomic E-state index is 12.5. The molecule has 4 heteroatoms. The standard InChI is InChI=1S/C11H15F2NO/c1-4-5-14-10(8(2)3)15-7-9-6-11(9,12)13/h4-5,9H,2,6-7H2,1,3H3/b5-4-,14-10+. The molecule has 84 valence electrons. The zero-order valence-corrected chi connectivity index (χ0v) is 8.96. The summed E-state index contributed by atoms with van der Waals surface area (Å²) in [6, 6.07) is 0.